The lowest BCUT2D eigenvalue weighted by Gasteiger charge is -2.33. The highest BCUT2D eigenvalue weighted by atomic mass is 16.6. The molecule has 7 heteroatoms. The van der Waals surface area contributed by atoms with Crippen LogP contribution in [0.3, 0.4) is 0 Å². The highest BCUT2D eigenvalue weighted by molar-refractivity contribution is 5.93. The van der Waals surface area contributed by atoms with Crippen molar-refractivity contribution in [3.05, 3.63) is 54.0 Å². The maximum Gasteiger partial charge on any atom is 0.289 e. The van der Waals surface area contributed by atoms with Crippen molar-refractivity contribution in [1.29, 1.82) is 0 Å². The maximum absolute atomic E-state index is 12.4. The number of fused-ring (bicyclic) bond motifs is 1. The first kappa shape index (κ1) is 17.2. The van der Waals surface area contributed by atoms with Crippen molar-refractivity contribution in [2.45, 2.75) is 0 Å². The second-order valence-corrected chi connectivity index (χ2v) is 6.33. The van der Waals surface area contributed by atoms with Crippen LogP contribution in [0.1, 0.15) is 16.1 Å². The second kappa shape index (κ2) is 7.57. The summed E-state index contributed by atoms with van der Waals surface area (Å²) in [6.07, 6.45) is 4.80. The fourth-order valence-electron chi connectivity index (χ4n) is 3.12. The number of nitrogens with zero attached hydrogens (tertiary/aromatic N) is 2. The Morgan fingerprint density at radius 2 is 1.67 bits per heavy atom. The molecule has 0 atom stereocenters. The van der Waals surface area contributed by atoms with Crippen LogP contribution >= 0.6 is 0 Å². The fourth-order valence-corrected chi connectivity index (χ4v) is 3.12. The number of amides is 2. The van der Waals surface area contributed by atoms with E-state index in [1.54, 1.807) is 34.1 Å². The normalized spacial score (nSPS) is 16.6. The summed E-state index contributed by atoms with van der Waals surface area (Å²) in [5, 5.41) is 0. The number of furan rings is 1. The lowest BCUT2D eigenvalue weighted by atomic mass is 10.1. The molecular formula is C20H20N2O5. The Balaban J connectivity index is 1.33. The minimum Gasteiger partial charge on any atom is -0.486 e. The van der Waals surface area contributed by atoms with E-state index in [0.29, 0.717) is 50.9 Å². The molecule has 1 aromatic heterocycles. The van der Waals surface area contributed by atoms with E-state index in [2.05, 4.69) is 0 Å². The zero-order valence-electron chi connectivity index (χ0n) is 14.8. The van der Waals surface area contributed by atoms with Crippen LogP contribution in [-0.4, -0.2) is 61.0 Å². The van der Waals surface area contributed by atoms with Crippen molar-refractivity contribution >= 4 is 17.9 Å². The number of carbonyl (C=O) groups is 2. The average Bonchev–Trinajstić information content (AvgIpc) is 3.26. The lowest BCUT2D eigenvalue weighted by Crippen LogP contribution is -2.50. The lowest BCUT2D eigenvalue weighted by molar-refractivity contribution is -0.127. The molecule has 7 nitrogen and oxygen atoms in total. The third-order valence-corrected chi connectivity index (χ3v) is 4.60. The number of hydrogen-bond acceptors (Lipinski definition) is 5. The van der Waals surface area contributed by atoms with Gasteiger partial charge in [0.25, 0.3) is 5.91 Å². The van der Waals surface area contributed by atoms with Gasteiger partial charge in [-0.15, -0.1) is 0 Å². The molecule has 3 heterocycles. The molecule has 2 amide bonds. The molecule has 0 saturated carbocycles. The molecule has 4 rings (SSSR count). The van der Waals surface area contributed by atoms with Gasteiger partial charge in [0.2, 0.25) is 5.91 Å². The molecule has 1 saturated heterocycles. The molecule has 2 aliphatic heterocycles. The van der Waals surface area contributed by atoms with E-state index in [1.807, 2.05) is 18.2 Å². The van der Waals surface area contributed by atoms with E-state index in [-0.39, 0.29) is 11.8 Å². The molecule has 1 fully saturated rings. The minimum absolute atomic E-state index is 0.0741. The predicted octanol–water partition coefficient (Wildman–Crippen LogP) is 2.05. The summed E-state index contributed by atoms with van der Waals surface area (Å²) < 4.78 is 16.2. The number of rotatable bonds is 3. The summed E-state index contributed by atoms with van der Waals surface area (Å²) in [6.45, 7) is 3.05. The molecule has 2 aromatic rings. The summed E-state index contributed by atoms with van der Waals surface area (Å²) in [6, 6.07) is 8.93. The van der Waals surface area contributed by atoms with Crippen LogP contribution in [0.2, 0.25) is 0 Å². The summed E-state index contributed by atoms with van der Waals surface area (Å²) >= 11 is 0. The van der Waals surface area contributed by atoms with Gasteiger partial charge in [0.1, 0.15) is 13.2 Å². The van der Waals surface area contributed by atoms with Gasteiger partial charge >= 0.3 is 0 Å². The molecule has 0 N–H and O–H groups in total. The van der Waals surface area contributed by atoms with Crippen LogP contribution in [0, 0.1) is 0 Å². The van der Waals surface area contributed by atoms with E-state index in [4.69, 9.17) is 13.9 Å². The van der Waals surface area contributed by atoms with Gasteiger partial charge in [0.05, 0.1) is 6.26 Å². The van der Waals surface area contributed by atoms with Gasteiger partial charge in [0.15, 0.2) is 17.3 Å². The van der Waals surface area contributed by atoms with Gasteiger partial charge in [-0.05, 0) is 35.9 Å². The molecule has 0 bridgehead atoms. The molecule has 0 spiro atoms. The zero-order chi connectivity index (χ0) is 18.6. The summed E-state index contributed by atoms with van der Waals surface area (Å²) in [5.74, 6) is 1.53. The largest absolute Gasteiger partial charge is 0.486 e. The number of ether oxygens (including phenoxy) is 2. The molecule has 0 unspecified atom stereocenters. The van der Waals surface area contributed by atoms with Crippen molar-refractivity contribution in [2.75, 3.05) is 39.4 Å². The Kier molecular flexibility index (Phi) is 4.82. The second-order valence-electron chi connectivity index (χ2n) is 6.33. The van der Waals surface area contributed by atoms with Gasteiger partial charge in [-0.1, -0.05) is 6.07 Å². The van der Waals surface area contributed by atoms with E-state index in [9.17, 15) is 9.59 Å². The molecular weight excluding hydrogens is 348 g/mol. The molecule has 0 radical (unpaired) electrons. The number of hydrogen-bond donors (Lipinski definition) is 0. The van der Waals surface area contributed by atoms with Crippen LogP contribution in [0.5, 0.6) is 11.5 Å². The van der Waals surface area contributed by atoms with Gasteiger partial charge < -0.3 is 23.7 Å². The molecule has 0 aliphatic carbocycles. The zero-order valence-corrected chi connectivity index (χ0v) is 14.8. The minimum atomic E-state index is -0.140. The number of benzene rings is 1. The summed E-state index contributed by atoms with van der Waals surface area (Å²) in [7, 11) is 0. The first-order valence-corrected chi connectivity index (χ1v) is 8.90. The van der Waals surface area contributed by atoms with Crippen molar-refractivity contribution in [2.24, 2.45) is 0 Å². The van der Waals surface area contributed by atoms with Crippen LogP contribution in [-0.2, 0) is 4.79 Å². The topological polar surface area (TPSA) is 72.2 Å². The van der Waals surface area contributed by atoms with Crippen LogP contribution in [0.25, 0.3) is 6.08 Å². The van der Waals surface area contributed by atoms with E-state index in [1.165, 1.54) is 6.26 Å². The predicted molar refractivity (Wildman–Crippen MR) is 97.7 cm³/mol. The molecule has 27 heavy (non-hydrogen) atoms. The van der Waals surface area contributed by atoms with E-state index >= 15 is 0 Å². The molecule has 140 valence electrons. The Morgan fingerprint density at radius 3 is 2.41 bits per heavy atom. The highest BCUT2D eigenvalue weighted by Crippen LogP contribution is 2.31. The quantitative estimate of drug-likeness (QED) is 0.776. The van der Waals surface area contributed by atoms with Gasteiger partial charge in [0, 0.05) is 32.3 Å². The SMILES string of the molecule is O=C(/C=C/c1ccc2c(c1)OCCO2)N1CCN(C(=O)c2ccco2)CC1. The van der Waals surface area contributed by atoms with Crippen molar-refractivity contribution < 1.29 is 23.5 Å². The third kappa shape index (κ3) is 3.81. The van der Waals surface area contributed by atoms with E-state index in [0.717, 1.165) is 11.3 Å². The maximum atomic E-state index is 12.4. The first-order valence-electron chi connectivity index (χ1n) is 8.90. The fraction of sp³-hybridized carbons (Fsp3) is 0.300. The van der Waals surface area contributed by atoms with Crippen molar-refractivity contribution in [1.82, 2.24) is 9.80 Å². The van der Waals surface area contributed by atoms with Crippen LogP contribution in [0.15, 0.2) is 47.1 Å². The third-order valence-electron chi connectivity index (χ3n) is 4.60. The van der Waals surface area contributed by atoms with Gasteiger partial charge in [-0.2, -0.15) is 0 Å². The van der Waals surface area contributed by atoms with E-state index < -0.39 is 0 Å². The van der Waals surface area contributed by atoms with Crippen molar-refractivity contribution in [3.8, 4) is 11.5 Å². The smallest absolute Gasteiger partial charge is 0.289 e. The highest BCUT2D eigenvalue weighted by Gasteiger charge is 2.25. The Bertz CT molecular complexity index is 851. The Hall–Kier alpha value is -3.22. The molecule has 1 aromatic carbocycles. The Labute approximate surface area is 156 Å². The van der Waals surface area contributed by atoms with Crippen molar-refractivity contribution in [3.63, 3.8) is 0 Å². The standard InChI is InChI=1S/C20H20N2O5/c23-19(6-4-15-3-5-16-18(14-15)27-13-12-26-16)21-7-9-22(10-8-21)20(24)17-2-1-11-25-17/h1-6,11,14H,7-10,12-13H2/b6-4+. The van der Waals surface area contributed by atoms with Crippen LogP contribution < -0.4 is 9.47 Å². The number of piperazine rings is 1. The summed E-state index contributed by atoms with van der Waals surface area (Å²) in [4.78, 5) is 28.1. The Morgan fingerprint density at radius 1 is 0.926 bits per heavy atom. The van der Waals surface area contributed by atoms with Gasteiger partial charge in [-0.25, -0.2) is 0 Å². The van der Waals surface area contributed by atoms with Crippen LogP contribution in [0.4, 0.5) is 0 Å². The van der Waals surface area contributed by atoms with Gasteiger partial charge in [-0.3, -0.25) is 9.59 Å². The summed E-state index contributed by atoms with van der Waals surface area (Å²) in [5.41, 5.74) is 0.874. The number of carbonyl (C=O) groups excluding carboxylic acids is 2. The monoisotopic (exact) mass is 368 g/mol. The molecule has 2 aliphatic rings. The average molecular weight is 368 g/mol. The first-order chi connectivity index (χ1) is 13.2.